The van der Waals surface area contributed by atoms with Gasteiger partial charge in [0.05, 0.1) is 12.2 Å². The third-order valence-corrected chi connectivity index (χ3v) is 5.79. The van der Waals surface area contributed by atoms with Crippen LogP contribution in [0.4, 0.5) is 4.39 Å². The molecule has 3 aromatic rings. The Hall–Kier alpha value is -1.72. The molecule has 2 aromatic heterocycles. The van der Waals surface area contributed by atoms with Gasteiger partial charge in [0, 0.05) is 49.7 Å². The second-order valence-electron chi connectivity index (χ2n) is 6.90. The van der Waals surface area contributed by atoms with Crippen LogP contribution in [-0.4, -0.2) is 48.1 Å². The fourth-order valence-electron chi connectivity index (χ4n) is 3.11. The van der Waals surface area contributed by atoms with Crippen molar-refractivity contribution in [2.24, 2.45) is 4.99 Å². The Bertz CT molecular complexity index is 973. The lowest BCUT2D eigenvalue weighted by Crippen LogP contribution is -2.38. The van der Waals surface area contributed by atoms with E-state index in [1.165, 1.54) is 6.07 Å². The number of guanidine groups is 1. The first kappa shape index (κ1) is 24.5. The minimum atomic E-state index is -0.222. The molecular weight excluding hydrogens is 516 g/mol. The normalized spacial score (nSPS) is 12.6. The minimum absolute atomic E-state index is 0. The Morgan fingerprint density at radius 2 is 2.23 bits per heavy atom. The van der Waals surface area contributed by atoms with Crippen LogP contribution < -0.4 is 5.32 Å². The second-order valence-corrected chi connectivity index (χ2v) is 7.79. The predicted molar refractivity (Wildman–Crippen MR) is 132 cm³/mol. The molecular formula is C21H29FIN5OS. The van der Waals surface area contributed by atoms with Crippen LogP contribution in [0.2, 0.25) is 0 Å². The molecule has 2 N–H and O–H groups in total. The van der Waals surface area contributed by atoms with Gasteiger partial charge in [-0.15, -0.1) is 35.3 Å². The summed E-state index contributed by atoms with van der Waals surface area (Å²) in [7, 11) is 3.69. The summed E-state index contributed by atoms with van der Waals surface area (Å²) in [5.41, 5.74) is 3.01. The van der Waals surface area contributed by atoms with Gasteiger partial charge in [-0.05, 0) is 44.0 Å². The maximum absolute atomic E-state index is 13.6. The number of nitrogens with one attached hydrogen (secondary N) is 2. The monoisotopic (exact) mass is 545 g/mol. The smallest absolute Gasteiger partial charge is 0.194 e. The summed E-state index contributed by atoms with van der Waals surface area (Å²) in [6, 6.07) is 4.81. The topological polar surface area (TPSA) is 65.5 Å². The quantitative estimate of drug-likeness (QED) is 0.244. The Kier molecular flexibility index (Phi) is 9.50. The molecule has 1 atom stereocenters. The first-order valence-electron chi connectivity index (χ1n) is 9.73. The van der Waals surface area contributed by atoms with E-state index in [2.05, 4.69) is 25.6 Å². The molecule has 0 bridgehead atoms. The number of methoxy groups -OCH3 is 1. The van der Waals surface area contributed by atoms with Gasteiger partial charge in [-0.3, -0.25) is 4.99 Å². The number of aromatic amines is 1. The van der Waals surface area contributed by atoms with E-state index in [9.17, 15) is 4.39 Å². The molecule has 30 heavy (non-hydrogen) atoms. The number of aromatic nitrogens is 2. The number of aliphatic imine (C=N–C) groups is 1. The second kappa shape index (κ2) is 11.6. The Balaban J connectivity index is 0.00000320. The molecule has 0 aliphatic rings. The number of fused-ring (bicyclic) bond motifs is 1. The molecule has 6 nitrogen and oxygen atoms in total. The van der Waals surface area contributed by atoms with Crippen LogP contribution in [0.3, 0.4) is 0 Å². The number of ether oxygens (including phenoxy) is 1. The largest absolute Gasteiger partial charge is 0.375 e. The van der Waals surface area contributed by atoms with Crippen LogP contribution in [0, 0.1) is 5.82 Å². The Labute approximate surface area is 198 Å². The minimum Gasteiger partial charge on any atom is -0.375 e. The van der Waals surface area contributed by atoms with Gasteiger partial charge < -0.3 is 19.9 Å². The number of hydrogen-bond donors (Lipinski definition) is 2. The van der Waals surface area contributed by atoms with Gasteiger partial charge in [0.25, 0.3) is 0 Å². The van der Waals surface area contributed by atoms with Gasteiger partial charge in [0.2, 0.25) is 0 Å². The molecule has 0 amide bonds. The van der Waals surface area contributed by atoms with E-state index in [1.54, 1.807) is 30.6 Å². The molecule has 3 rings (SSSR count). The van der Waals surface area contributed by atoms with Crippen LogP contribution in [0.15, 0.2) is 34.8 Å². The summed E-state index contributed by atoms with van der Waals surface area (Å²) in [5.74, 6) is 0.605. The molecule has 0 saturated heterocycles. The lowest BCUT2D eigenvalue weighted by Gasteiger charge is -2.21. The average Bonchev–Trinajstić information content (AvgIpc) is 3.33. The van der Waals surface area contributed by atoms with Crippen LogP contribution >= 0.6 is 35.3 Å². The lowest BCUT2D eigenvalue weighted by molar-refractivity contribution is 0.119. The molecule has 2 heterocycles. The van der Waals surface area contributed by atoms with E-state index in [1.807, 2.05) is 27.1 Å². The van der Waals surface area contributed by atoms with E-state index in [-0.39, 0.29) is 35.9 Å². The van der Waals surface area contributed by atoms with Crippen molar-refractivity contribution in [1.82, 2.24) is 20.2 Å². The van der Waals surface area contributed by atoms with E-state index in [0.717, 1.165) is 46.1 Å². The molecule has 1 unspecified atom stereocenters. The van der Waals surface area contributed by atoms with E-state index < -0.39 is 0 Å². The first-order valence-corrected chi connectivity index (χ1v) is 10.6. The van der Waals surface area contributed by atoms with Gasteiger partial charge >= 0.3 is 0 Å². The molecule has 0 aliphatic carbocycles. The van der Waals surface area contributed by atoms with Gasteiger partial charge in [-0.25, -0.2) is 9.37 Å². The van der Waals surface area contributed by atoms with Crippen LogP contribution in [0.1, 0.15) is 36.2 Å². The van der Waals surface area contributed by atoms with Gasteiger partial charge in [-0.2, -0.15) is 0 Å². The first-order chi connectivity index (χ1) is 14.0. The summed E-state index contributed by atoms with van der Waals surface area (Å²) in [4.78, 5) is 14.7. The number of nitrogens with zero attached hydrogens (tertiary/aromatic N) is 3. The van der Waals surface area contributed by atoms with Crippen molar-refractivity contribution in [3.8, 4) is 0 Å². The zero-order chi connectivity index (χ0) is 20.8. The molecule has 0 saturated carbocycles. The fraction of sp³-hybridized carbons (Fsp3) is 0.429. The number of benzene rings is 1. The van der Waals surface area contributed by atoms with Crippen LogP contribution in [0.5, 0.6) is 0 Å². The maximum Gasteiger partial charge on any atom is 0.194 e. The van der Waals surface area contributed by atoms with Crippen LogP contribution in [-0.2, 0) is 17.7 Å². The molecule has 0 fully saturated rings. The fourth-order valence-corrected chi connectivity index (χ4v) is 3.95. The number of hydrogen-bond acceptors (Lipinski definition) is 4. The predicted octanol–water partition coefficient (Wildman–Crippen LogP) is 4.73. The SMILES string of the molecule is CCNC(=NCCc1c[nH]c2ccc(F)cc12)N(C)Cc1csc(C(C)OC)n1.I. The van der Waals surface area contributed by atoms with Crippen molar-refractivity contribution < 1.29 is 9.13 Å². The zero-order valence-electron chi connectivity index (χ0n) is 17.7. The van der Waals surface area contributed by atoms with Gasteiger partial charge in [0.1, 0.15) is 16.9 Å². The number of rotatable bonds is 8. The van der Waals surface area contributed by atoms with Crippen molar-refractivity contribution in [3.63, 3.8) is 0 Å². The zero-order valence-corrected chi connectivity index (χ0v) is 20.9. The molecule has 1 aromatic carbocycles. The van der Waals surface area contributed by atoms with Crippen LogP contribution in [0.25, 0.3) is 10.9 Å². The van der Waals surface area contributed by atoms with Crippen molar-refractivity contribution in [3.05, 3.63) is 51.9 Å². The highest BCUT2D eigenvalue weighted by atomic mass is 127. The number of thiazole rings is 1. The summed E-state index contributed by atoms with van der Waals surface area (Å²) in [5, 5.41) is 7.28. The summed E-state index contributed by atoms with van der Waals surface area (Å²) < 4.78 is 18.9. The molecule has 0 aliphatic heterocycles. The van der Waals surface area contributed by atoms with Crippen molar-refractivity contribution in [2.45, 2.75) is 32.9 Å². The third-order valence-electron chi connectivity index (χ3n) is 4.74. The molecule has 0 radical (unpaired) electrons. The Morgan fingerprint density at radius 1 is 1.43 bits per heavy atom. The summed E-state index contributed by atoms with van der Waals surface area (Å²) >= 11 is 1.61. The highest BCUT2D eigenvalue weighted by Gasteiger charge is 2.13. The molecule has 9 heteroatoms. The lowest BCUT2D eigenvalue weighted by atomic mass is 10.1. The summed E-state index contributed by atoms with van der Waals surface area (Å²) in [6.45, 7) is 6.10. The maximum atomic E-state index is 13.6. The molecule has 164 valence electrons. The Morgan fingerprint density at radius 3 is 2.97 bits per heavy atom. The van der Waals surface area contributed by atoms with E-state index in [4.69, 9.17) is 9.73 Å². The van der Waals surface area contributed by atoms with Crippen molar-refractivity contribution >= 4 is 52.2 Å². The van der Waals surface area contributed by atoms with Gasteiger partial charge in [0.15, 0.2) is 5.96 Å². The van der Waals surface area contributed by atoms with E-state index in [0.29, 0.717) is 13.1 Å². The van der Waals surface area contributed by atoms with Crippen molar-refractivity contribution in [2.75, 3.05) is 27.2 Å². The van der Waals surface area contributed by atoms with Crippen molar-refractivity contribution in [1.29, 1.82) is 0 Å². The van der Waals surface area contributed by atoms with E-state index >= 15 is 0 Å². The highest BCUT2D eigenvalue weighted by Crippen LogP contribution is 2.21. The number of H-pyrrole nitrogens is 1. The van der Waals surface area contributed by atoms with Gasteiger partial charge in [-0.1, -0.05) is 0 Å². The number of halogens is 2. The molecule has 0 spiro atoms. The highest BCUT2D eigenvalue weighted by molar-refractivity contribution is 14.0. The summed E-state index contributed by atoms with van der Waals surface area (Å²) in [6.07, 6.45) is 2.67. The standard InChI is InChI=1S/C21H28FN5OS.HI/c1-5-23-21(27(3)12-17-13-29-20(26-17)14(2)28-4)24-9-8-15-11-25-19-7-6-16(22)10-18(15)19;/h6-7,10-11,13-14,25H,5,8-9,12H2,1-4H3,(H,23,24);1H. The third kappa shape index (κ3) is 6.14. The average molecular weight is 545 g/mol.